The molecular formula is C12H13BrFNO3S. The third kappa shape index (κ3) is 3.14. The number of amides is 1. The van der Waals surface area contributed by atoms with Crippen LogP contribution in [0.3, 0.4) is 0 Å². The Morgan fingerprint density at radius 1 is 1.47 bits per heavy atom. The highest BCUT2D eigenvalue weighted by Crippen LogP contribution is 2.21. The Labute approximate surface area is 119 Å². The number of nitrogens with zero attached hydrogens (tertiary/aromatic N) is 1. The lowest BCUT2D eigenvalue weighted by molar-refractivity contribution is 0.0747. The van der Waals surface area contributed by atoms with Crippen molar-refractivity contribution in [1.29, 1.82) is 0 Å². The van der Waals surface area contributed by atoms with Gasteiger partial charge in [0.1, 0.15) is 5.82 Å². The molecule has 1 atom stereocenters. The molecule has 7 heteroatoms. The summed E-state index contributed by atoms with van der Waals surface area (Å²) in [4.78, 5) is 13.5. The van der Waals surface area contributed by atoms with Crippen molar-refractivity contribution >= 4 is 31.7 Å². The van der Waals surface area contributed by atoms with Crippen molar-refractivity contribution in [1.82, 2.24) is 4.90 Å². The summed E-state index contributed by atoms with van der Waals surface area (Å²) >= 11 is 3.02. The first-order valence-corrected chi connectivity index (χ1v) is 8.34. The number of carbonyl (C=O) groups is 1. The van der Waals surface area contributed by atoms with E-state index in [1.165, 1.54) is 17.0 Å². The number of hydrogen-bond acceptors (Lipinski definition) is 3. The molecule has 1 saturated heterocycles. The summed E-state index contributed by atoms with van der Waals surface area (Å²) in [5, 5.41) is 0. The van der Waals surface area contributed by atoms with Crippen molar-refractivity contribution in [2.24, 2.45) is 0 Å². The van der Waals surface area contributed by atoms with Crippen molar-refractivity contribution in [2.45, 2.75) is 12.5 Å². The molecule has 1 aromatic rings. The maximum atomic E-state index is 13.4. The number of halogens is 2. The molecule has 1 unspecified atom stereocenters. The van der Waals surface area contributed by atoms with Crippen LogP contribution in [0.15, 0.2) is 22.7 Å². The van der Waals surface area contributed by atoms with Crippen LogP contribution in [0.1, 0.15) is 16.8 Å². The van der Waals surface area contributed by atoms with E-state index in [1.807, 2.05) is 0 Å². The molecule has 0 radical (unpaired) electrons. The molecular weight excluding hydrogens is 337 g/mol. The van der Waals surface area contributed by atoms with Crippen molar-refractivity contribution < 1.29 is 17.6 Å². The Bertz CT molecular complexity index is 617. The highest BCUT2D eigenvalue weighted by Gasteiger charge is 2.33. The molecule has 0 N–H and O–H groups in total. The number of rotatable bonds is 2. The predicted molar refractivity (Wildman–Crippen MR) is 73.3 cm³/mol. The average molecular weight is 350 g/mol. The molecule has 1 aliphatic rings. The molecule has 0 bridgehead atoms. The lowest BCUT2D eigenvalue weighted by Crippen LogP contribution is -2.37. The van der Waals surface area contributed by atoms with Crippen molar-refractivity contribution in [2.75, 3.05) is 18.6 Å². The minimum atomic E-state index is -3.05. The lowest BCUT2D eigenvalue weighted by atomic mass is 10.1. The molecule has 4 nitrogen and oxygen atoms in total. The lowest BCUT2D eigenvalue weighted by Gasteiger charge is -2.23. The fourth-order valence-corrected chi connectivity index (χ4v) is 4.10. The average Bonchev–Trinajstić information content (AvgIpc) is 2.71. The molecule has 0 spiro atoms. The van der Waals surface area contributed by atoms with Crippen LogP contribution in [-0.2, 0) is 9.84 Å². The van der Waals surface area contributed by atoms with Gasteiger partial charge in [0.2, 0.25) is 0 Å². The summed E-state index contributed by atoms with van der Waals surface area (Å²) in [5.41, 5.74) is 0.215. The molecule has 1 amide bonds. The van der Waals surface area contributed by atoms with Crippen LogP contribution in [0.5, 0.6) is 0 Å². The van der Waals surface area contributed by atoms with Crippen LogP contribution >= 0.6 is 15.9 Å². The minimum Gasteiger partial charge on any atom is -0.338 e. The molecule has 104 valence electrons. The van der Waals surface area contributed by atoms with Gasteiger partial charge < -0.3 is 4.90 Å². The van der Waals surface area contributed by atoms with Gasteiger partial charge >= 0.3 is 0 Å². The van der Waals surface area contributed by atoms with Gasteiger partial charge in [-0.15, -0.1) is 0 Å². The zero-order valence-corrected chi connectivity index (χ0v) is 12.7. The van der Waals surface area contributed by atoms with Crippen LogP contribution in [-0.4, -0.2) is 43.8 Å². The van der Waals surface area contributed by atoms with Gasteiger partial charge in [0.15, 0.2) is 9.84 Å². The van der Waals surface area contributed by atoms with Crippen molar-refractivity contribution in [3.63, 3.8) is 0 Å². The molecule has 1 aliphatic heterocycles. The van der Waals surface area contributed by atoms with Crippen molar-refractivity contribution in [3.05, 3.63) is 34.1 Å². The summed E-state index contributed by atoms with van der Waals surface area (Å²) in [7, 11) is -1.50. The maximum Gasteiger partial charge on any atom is 0.253 e. The highest BCUT2D eigenvalue weighted by atomic mass is 79.9. The Balaban J connectivity index is 2.17. The van der Waals surface area contributed by atoms with Gasteiger partial charge in [-0.2, -0.15) is 0 Å². The molecule has 0 aliphatic carbocycles. The smallest absolute Gasteiger partial charge is 0.253 e. The SMILES string of the molecule is CN(C(=O)c1ccc(Br)c(F)c1)C1CCS(=O)(=O)C1. The second-order valence-electron chi connectivity index (χ2n) is 4.60. The molecule has 19 heavy (non-hydrogen) atoms. The van der Waals surface area contributed by atoms with Crippen LogP contribution in [0.25, 0.3) is 0 Å². The summed E-state index contributed by atoms with van der Waals surface area (Å²) in [6.07, 6.45) is 0.434. The standard InChI is InChI=1S/C12H13BrFNO3S/c1-15(9-4-5-19(17,18)7-9)12(16)8-2-3-10(13)11(14)6-8/h2-3,6,9H,4-5,7H2,1H3. The van der Waals surface area contributed by atoms with Crippen molar-refractivity contribution in [3.8, 4) is 0 Å². The summed E-state index contributed by atoms with van der Waals surface area (Å²) in [6.45, 7) is 0. The highest BCUT2D eigenvalue weighted by molar-refractivity contribution is 9.10. The van der Waals surface area contributed by atoms with Crippen LogP contribution in [0.4, 0.5) is 4.39 Å². The Morgan fingerprint density at radius 2 is 2.16 bits per heavy atom. The summed E-state index contributed by atoms with van der Waals surface area (Å²) in [5.74, 6) is -0.801. The van der Waals surface area contributed by atoms with E-state index in [0.717, 1.165) is 6.07 Å². The number of benzene rings is 1. The third-order valence-corrected chi connectivity index (χ3v) is 5.64. The van der Waals surface area contributed by atoms with E-state index in [1.54, 1.807) is 7.05 Å². The number of hydrogen-bond donors (Lipinski definition) is 0. The van der Waals surface area contributed by atoms with E-state index >= 15 is 0 Å². The molecule has 1 fully saturated rings. The Hall–Kier alpha value is -0.950. The predicted octanol–water partition coefficient (Wildman–Crippen LogP) is 1.85. The van der Waals surface area contributed by atoms with Gasteiger partial charge in [0, 0.05) is 18.7 Å². The number of sulfone groups is 1. The van der Waals surface area contributed by atoms with Gasteiger partial charge in [-0.3, -0.25) is 4.79 Å². The monoisotopic (exact) mass is 349 g/mol. The second-order valence-corrected chi connectivity index (χ2v) is 7.68. The van der Waals surface area contributed by atoms with Gasteiger partial charge in [-0.25, -0.2) is 12.8 Å². The van der Waals surface area contributed by atoms with Gasteiger partial charge in [-0.05, 0) is 40.5 Å². The fraction of sp³-hybridized carbons (Fsp3) is 0.417. The maximum absolute atomic E-state index is 13.4. The quantitative estimate of drug-likeness (QED) is 0.818. The molecule has 0 saturated carbocycles. The Kier molecular flexibility index (Phi) is 3.96. The molecule has 0 aromatic heterocycles. The van der Waals surface area contributed by atoms with Crippen LogP contribution < -0.4 is 0 Å². The summed E-state index contributed by atoms with van der Waals surface area (Å²) < 4.78 is 36.5. The van der Waals surface area contributed by atoms with E-state index in [4.69, 9.17) is 0 Å². The summed E-state index contributed by atoms with van der Waals surface area (Å²) in [6, 6.07) is 3.79. The fourth-order valence-electron chi connectivity index (χ4n) is 2.08. The number of carbonyl (C=O) groups excluding carboxylic acids is 1. The topological polar surface area (TPSA) is 54.5 Å². The largest absolute Gasteiger partial charge is 0.338 e. The zero-order valence-electron chi connectivity index (χ0n) is 10.3. The van der Waals surface area contributed by atoms with E-state index in [9.17, 15) is 17.6 Å². The minimum absolute atomic E-state index is 0.0196. The first-order chi connectivity index (χ1) is 8.80. The van der Waals surface area contributed by atoms with Gasteiger partial charge in [0.05, 0.1) is 16.0 Å². The van der Waals surface area contributed by atoms with E-state index in [-0.39, 0.29) is 33.5 Å². The molecule has 1 aromatic carbocycles. The molecule has 1 heterocycles. The van der Waals surface area contributed by atoms with E-state index in [2.05, 4.69) is 15.9 Å². The van der Waals surface area contributed by atoms with E-state index < -0.39 is 15.7 Å². The zero-order chi connectivity index (χ0) is 14.2. The first-order valence-electron chi connectivity index (χ1n) is 5.73. The van der Waals surface area contributed by atoms with Crippen LogP contribution in [0.2, 0.25) is 0 Å². The normalized spacial score (nSPS) is 21.3. The van der Waals surface area contributed by atoms with E-state index in [0.29, 0.717) is 6.42 Å². The Morgan fingerprint density at radius 3 is 2.68 bits per heavy atom. The van der Waals surface area contributed by atoms with Gasteiger partial charge in [-0.1, -0.05) is 0 Å². The second kappa shape index (κ2) is 5.20. The third-order valence-electron chi connectivity index (χ3n) is 3.24. The first kappa shape index (κ1) is 14.5. The van der Waals surface area contributed by atoms with Gasteiger partial charge in [0.25, 0.3) is 5.91 Å². The van der Waals surface area contributed by atoms with Crippen LogP contribution in [0, 0.1) is 5.82 Å². The molecule has 2 rings (SSSR count).